The van der Waals surface area contributed by atoms with Gasteiger partial charge in [-0.15, -0.1) is 0 Å². The predicted octanol–water partition coefficient (Wildman–Crippen LogP) is 1.28. The Kier molecular flexibility index (Phi) is 3.03. The molecule has 2 aromatic rings. The third-order valence-corrected chi connectivity index (χ3v) is 3.05. The topological polar surface area (TPSA) is 88.6 Å². The number of carbonyl (C=O) groups is 1. The van der Waals surface area contributed by atoms with E-state index in [4.69, 9.17) is 19.9 Å². The largest absolute Gasteiger partial charge is 0.454 e. The van der Waals surface area contributed by atoms with Gasteiger partial charge in [-0.2, -0.15) is 5.10 Å². The molecule has 7 heteroatoms. The van der Waals surface area contributed by atoms with Crippen LogP contribution in [0.25, 0.3) is 11.3 Å². The van der Waals surface area contributed by atoms with Crippen LogP contribution in [0.3, 0.4) is 0 Å². The number of nitrogens with two attached hydrogens (primary N) is 1. The fourth-order valence-electron chi connectivity index (χ4n) is 2.08. The lowest BCUT2D eigenvalue weighted by Gasteiger charge is -2.01. The highest BCUT2D eigenvalue weighted by Crippen LogP contribution is 2.36. The first-order valence-electron chi connectivity index (χ1n) is 5.95. The van der Waals surface area contributed by atoms with Gasteiger partial charge in [-0.05, 0) is 18.2 Å². The molecule has 20 heavy (non-hydrogen) atoms. The molecular formula is C13H13N3O4. The van der Waals surface area contributed by atoms with E-state index < -0.39 is 0 Å². The van der Waals surface area contributed by atoms with Crippen LogP contribution in [0.15, 0.2) is 18.2 Å². The fraction of sp³-hybridized carbons (Fsp3) is 0.231. The normalized spacial score (nSPS) is 12.7. The van der Waals surface area contributed by atoms with E-state index >= 15 is 0 Å². The maximum atomic E-state index is 11.2. The molecule has 0 saturated heterocycles. The first-order valence-corrected chi connectivity index (χ1v) is 5.95. The van der Waals surface area contributed by atoms with Gasteiger partial charge in [0.1, 0.15) is 18.2 Å². The van der Waals surface area contributed by atoms with Crippen LogP contribution >= 0.6 is 0 Å². The molecule has 0 bridgehead atoms. The maximum Gasteiger partial charge on any atom is 0.231 e. The molecule has 0 unspecified atom stereocenters. The van der Waals surface area contributed by atoms with Gasteiger partial charge in [-0.25, -0.2) is 4.68 Å². The zero-order chi connectivity index (χ0) is 14.1. The van der Waals surface area contributed by atoms with E-state index in [-0.39, 0.29) is 19.3 Å². The van der Waals surface area contributed by atoms with Gasteiger partial charge in [0, 0.05) is 12.7 Å². The summed E-state index contributed by atoms with van der Waals surface area (Å²) in [6.07, 6.45) is 0.689. The van der Waals surface area contributed by atoms with Crippen molar-refractivity contribution in [2.75, 3.05) is 19.6 Å². The molecule has 0 atom stereocenters. The van der Waals surface area contributed by atoms with Crippen molar-refractivity contribution in [3.63, 3.8) is 0 Å². The second kappa shape index (κ2) is 4.86. The molecule has 104 valence electrons. The molecule has 1 aromatic heterocycles. The number of benzene rings is 1. The molecule has 7 nitrogen and oxygen atoms in total. The lowest BCUT2D eigenvalue weighted by Crippen LogP contribution is -2.06. The van der Waals surface area contributed by atoms with Crippen molar-refractivity contribution in [3.8, 4) is 22.8 Å². The lowest BCUT2D eigenvalue weighted by atomic mass is 10.1. The van der Waals surface area contributed by atoms with Gasteiger partial charge in [0.05, 0.1) is 5.56 Å². The monoisotopic (exact) mass is 275 g/mol. The average Bonchev–Trinajstić information content (AvgIpc) is 3.03. The third kappa shape index (κ3) is 1.88. The number of methoxy groups -OCH3 is 1. The highest BCUT2D eigenvalue weighted by molar-refractivity contribution is 5.91. The molecule has 0 saturated carbocycles. The average molecular weight is 275 g/mol. The number of hydrogen-bond donors (Lipinski definition) is 1. The highest BCUT2D eigenvalue weighted by atomic mass is 16.7. The Hall–Kier alpha value is -2.54. The summed E-state index contributed by atoms with van der Waals surface area (Å²) in [5.74, 6) is 1.57. The van der Waals surface area contributed by atoms with Crippen molar-refractivity contribution in [3.05, 3.63) is 23.8 Å². The van der Waals surface area contributed by atoms with E-state index in [0.717, 1.165) is 5.56 Å². The molecule has 0 fully saturated rings. The summed E-state index contributed by atoms with van der Waals surface area (Å²) in [4.78, 5) is 11.2. The molecule has 0 spiro atoms. The number of carbonyl (C=O) groups excluding carboxylic acids is 1. The van der Waals surface area contributed by atoms with Crippen molar-refractivity contribution in [2.45, 2.75) is 6.73 Å². The second-order valence-corrected chi connectivity index (χ2v) is 4.25. The van der Waals surface area contributed by atoms with Crippen molar-refractivity contribution in [1.82, 2.24) is 9.78 Å². The Morgan fingerprint density at radius 1 is 1.45 bits per heavy atom. The van der Waals surface area contributed by atoms with Crippen molar-refractivity contribution < 1.29 is 19.0 Å². The summed E-state index contributed by atoms with van der Waals surface area (Å²) >= 11 is 0. The van der Waals surface area contributed by atoms with E-state index in [1.165, 1.54) is 11.8 Å². The summed E-state index contributed by atoms with van der Waals surface area (Å²) in [6.45, 7) is 0.372. The summed E-state index contributed by atoms with van der Waals surface area (Å²) in [6, 6.07) is 5.35. The lowest BCUT2D eigenvalue weighted by molar-refractivity contribution is 0.112. The Balaban J connectivity index is 2.09. The van der Waals surface area contributed by atoms with Crippen LogP contribution in [0.4, 0.5) is 5.82 Å². The summed E-state index contributed by atoms with van der Waals surface area (Å²) in [7, 11) is 1.53. The molecule has 3 rings (SSSR count). The summed E-state index contributed by atoms with van der Waals surface area (Å²) < 4.78 is 17.0. The van der Waals surface area contributed by atoms with Crippen LogP contribution in [-0.2, 0) is 11.5 Å². The number of rotatable bonds is 4. The Morgan fingerprint density at radius 3 is 3.00 bits per heavy atom. The van der Waals surface area contributed by atoms with E-state index in [9.17, 15) is 4.79 Å². The minimum absolute atomic E-state index is 0.178. The minimum atomic E-state index is 0.178. The second-order valence-electron chi connectivity index (χ2n) is 4.25. The Bertz CT molecular complexity index is 666. The van der Waals surface area contributed by atoms with Gasteiger partial charge in [-0.3, -0.25) is 4.79 Å². The Morgan fingerprint density at radius 2 is 2.25 bits per heavy atom. The molecule has 1 aromatic carbocycles. The number of aromatic nitrogens is 2. The number of hydrogen-bond acceptors (Lipinski definition) is 6. The molecule has 1 aliphatic heterocycles. The smallest absolute Gasteiger partial charge is 0.231 e. The number of ether oxygens (including phenoxy) is 3. The predicted molar refractivity (Wildman–Crippen MR) is 70.6 cm³/mol. The van der Waals surface area contributed by atoms with Gasteiger partial charge in [0.2, 0.25) is 6.79 Å². The van der Waals surface area contributed by atoms with E-state index in [1.807, 2.05) is 0 Å². The van der Waals surface area contributed by atoms with Crippen LogP contribution in [0.1, 0.15) is 10.4 Å². The molecule has 0 aliphatic carbocycles. The van der Waals surface area contributed by atoms with Gasteiger partial charge in [-0.1, -0.05) is 0 Å². The van der Waals surface area contributed by atoms with Crippen molar-refractivity contribution in [1.29, 1.82) is 0 Å². The molecule has 2 heterocycles. The first kappa shape index (κ1) is 12.5. The molecule has 2 N–H and O–H groups in total. The summed E-state index contributed by atoms with van der Waals surface area (Å²) in [5, 5.41) is 4.31. The van der Waals surface area contributed by atoms with E-state index in [0.29, 0.717) is 29.0 Å². The van der Waals surface area contributed by atoms with Gasteiger partial charge < -0.3 is 19.9 Å². The van der Waals surface area contributed by atoms with Crippen molar-refractivity contribution >= 4 is 12.1 Å². The maximum absolute atomic E-state index is 11.2. The standard InChI is InChI=1S/C13H13N3O4/c1-18-6-16-13(14)9(5-17)12(15-16)8-2-3-10-11(4-8)20-7-19-10/h2-5H,6-7,14H2,1H3. The Labute approximate surface area is 114 Å². The number of nitrogen functional groups attached to an aromatic ring is 1. The van der Waals surface area contributed by atoms with E-state index in [1.54, 1.807) is 18.2 Å². The quantitative estimate of drug-likeness (QED) is 0.845. The minimum Gasteiger partial charge on any atom is -0.454 e. The zero-order valence-electron chi connectivity index (χ0n) is 10.8. The highest BCUT2D eigenvalue weighted by Gasteiger charge is 2.20. The van der Waals surface area contributed by atoms with Crippen LogP contribution in [0.2, 0.25) is 0 Å². The summed E-state index contributed by atoms with van der Waals surface area (Å²) in [5.41, 5.74) is 7.45. The SMILES string of the molecule is COCn1nc(-c2ccc3c(c2)OCO3)c(C=O)c1N. The molecule has 1 aliphatic rings. The molecular weight excluding hydrogens is 262 g/mol. The van der Waals surface area contributed by atoms with Crippen LogP contribution in [-0.4, -0.2) is 30.0 Å². The number of fused-ring (bicyclic) bond motifs is 1. The number of anilines is 1. The van der Waals surface area contributed by atoms with Crippen LogP contribution in [0, 0.1) is 0 Å². The third-order valence-electron chi connectivity index (χ3n) is 3.05. The van der Waals surface area contributed by atoms with Crippen LogP contribution < -0.4 is 15.2 Å². The van der Waals surface area contributed by atoms with Gasteiger partial charge in [0.15, 0.2) is 17.8 Å². The van der Waals surface area contributed by atoms with E-state index in [2.05, 4.69) is 5.10 Å². The van der Waals surface area contributed by atoms with Crippen LogP contribution in [0.5, 0.6) is 11.5 Å². The fourth-order valence-corrected chi connectivity index (χ4v) is 2.08. The zero-order valence-corrected chi connectivity index (χ0v) is 10.8. The van der Waals surface area contributed by atoms with Gasteiger partial charge in [0.25, 0.3) is 0 Å². The van der Waals surface area contributed by atoms with Gasteiger partial charge >= 0.3 is 0 Å². The molecule has 0 radical (unpaired) electrons. The number of nitrogens with zero attached hydrogens (tertiary/aromatic N) is 2. The van der Waals surface area contributed by atoms with Crippen molar-refractivity contribution in [2.24, 2.45) is 0 Å². The molecule has 0 amide bonds. The first-order chi connectivity index (χ1) is 9.74. The number of aldehydes is 1.